The van der Waals surface area contributed by atoms with Crippen LogP contribution in [0.2, 0.25) is 0 Å². The van der Waals surface area contributed by atoms with E-state index in [9.17, 15) is 9.50 Å². The lowest BCUT2D eigenvalue weighted by Gasteiger charge is -2.30. The van der Waals surface area contributed by atoms with Crippen molar-refractivity contribution in [2.45, 2.75) is 24.5 Å². The van der Waals surface area contributed by atoms with E-state index in [-0.39, 0.29) is 11.6 Å². The molecule has 0 saturated carbocycles. The Balaban J connectivity index is 2.17. The lowest BCUT2D eigenvalue weighted by molar-refractivity contribution is 0.0648. The summed E-state index contributed by atoms with van der Waals surface area (Å²) in [6.07, 6.45) is 1.79. The van der Waals surface area contributed by atoms with Crippen LogP contribution in [0.5, 0.6) is 0 Å². The number of hydrogen-bond donors (Lipinski definition) is 1. The highest BCUT2D eigenvalue weighted by molar-refractivity contribution is 5.20. The van der Waals surface area contributed by atoms with Gasteiger partial charge >= 0.3 is 0 Å². The fourth-order valence-corrected chi connectivity index (χ4v) is 2.76. The van der Waals surface area contributed by atoms with E-state index in [1.807, 2.05) is 0 Å². The fourth-order valence-electron chi connectivity index (χ4n) is 2.76. The van der Waals surface area contributed by atoms with Crippen molar-refractivity contribution < 1.29 is 14.2 Å². The molecule has 2 atom stereocenters. The van der Waals surface area contributed by atoms with Crippen molar-refractivity contribution in [3.63, 3.8) is 0 Å². The molecule has 0 aromatic heterocycles. The number of methoxy groups -OCH3 is 1. The second-order valence-electron chi connectivity index (χ2n) is 4.34. The molecular weight excluding hydrogens is 185 g/mol. The summed E-state index contributed by atoms with van der Waals surface area (Å²) in [7, 11) is 1.65. The van der Waals surface area contributed by atoms with E-state index in [2.05, 4.69) is 4.90 Å². The van der Waals surface area contributed by atoms with Crippen LogP contribution in [-0.4, -0.2) is 48.5 Å². The first kappa shape index (κ1) is 10.1. The summed E-state index contributed by atoms with van der Waals surface area (Å²) in [6, 6.07) is 0. The molecule has 0 bridgehead atoms. The molecule has 0 amide bonds. The van der Waals surface area contributed by atoms with Gasteiger partial charge in [-0.3, -0.25) is 4.90 Å². The molecule has 0 spiro atoms. The minimum atomic E-state index is -0.286. The Morgan fingerprint density at radius 2 is 2.57 bits per heavy atom. The number of β-amino-alcohol motifs (C(OH)–C–C–N with tert-alkyl or cyclic N) is 1. The van der Waals surface area contributed by atoms with E-state index in [1.165, 1.54) is 0 Å². The summed E-state index contributed by atoms with van der Waals surface area (Å²) in [6.45, 7) is 1.85. The fraction of sp³-hybridized carbons (Fsp3) is 0.800. The van der Waals surface area contributed by atoms with Gasteiger partial charge < -0.3 is 9.84 Å². The van der Waals surface area contributed by atoms with Crippen LogP contribution in [0.1, 0.15) is 12.8 Å². The van der Waals surface area contributed by atoms with Crippen molar-refractivity contribution in [3.05, 3.63) is 11.9 Å². The second kappa shape index (κ2) is 3.61. The zero-order chi connectivity index (χ0) is 10.2. The van der Waals surface area contributed by atoms with Gasteiger partial charge in [0.05, 0.1) is 24.6 Å². The van der Waals surface area contributed by atoms with E-state index in [0.29, 0.717) is 38.9 Å². The van der Waals surface area contributed by atoms with E-state index < -0.39 is 0 Å². The predicted molar refractivity (Wildman–Crippen MR) is 50.6 cm³/mol. The Kier molecular flexibility index (Phi) is 2.60. The molecule has 0 aliphatic carbocycles. The van der Waals surface area contributed by atoms with Crippen molar-refractivity contribution in [2.24, 2.45) is 0 Å². The molecule has 14 heavy (non-hydrogen) atoms. The first-order valence-electron chi connectivity index (χ1n) is 4.90. The summed E-state index contributed by atoms with van der Waals surface area (Å²) in [5.74, 6) is 0. The first-order chi connectivity index (χ1) is 6.70. The third-order valence-corrected chi connectivity index (χ3v) is 3.23. The summed E-state index contributed by atoms with van der Waals surface area (Å²) in [5.41, 5.74) is 0.667. The number of aliphatic hydroxyl groups is 1. The van der Waals surface area contributed by atoms with Crippen LogP contribution < -0.4 is 0 Å². The molecule has 2 fully saturated rings. The summed E-state index contributed by atoms with van der Waals surface area (Å²) < 4.78 is 17.6. The topological polar surface area (TPSA) is 32.7 Å². The smallest absolute Gasteiger partial charge is 0.0872 e. The van der Waals surface area contributed by atoms with Gasteiger partial charge in [0.15, 0.2) is 0 Å². The van der Waals surface area contributed by atoms with Gasteiger partial charge in [0.2, 0.25) is 0 Å². The van der Waals surface area contributed by atoms with Crippen LogP contribution in [0.4, 0.5) is 4.39 Å². The number of hydrogen-bond acceptors (Lipinski definition) is 3. The monoisotopic (exact) mass is 201 g/mol. The van der Waals surface area contributed by atoms with Gasteiger partial charge in [-0.1, -0.05) is 0 Å². The molecular formula is C10H16FNO2. The Bertz CT molecular complexity index is 257. The number of fused-ring (bicyclic) bond motifs is 1. The lowest BCUT2D eigenvalue weighted by atomic mass is 9.93. The van der Waals surface area contributed by atoms with Crippen LogP contribution in [-0.2, 0) is 4.74 Å². The standard InChI is InChI=1S/C10H16FNO2/c1-14-7-10-2-8(4-11)5-12(10)6-9(13)3-10/h4,9,13H,2-3,5-7H2,1H3/b8-4-/t9-,10+/m0/s1. The van der Waals surface area contributed by atoms with Crippen LogP contribution in [0.25, 0.3) is 0 Å². The highest BCUT2D eigenvalue weighted by atomic mass is 19.1. The van der Waals surface area contributed by atoms with Gasteiger partial charge in [0.25, 0.3) is 0 Å². The number of halogens is 1. The van der Waals surface area contributed by atoms with Gasteiger partial charge in [0.1, 0.15) is 0 Å². The van der Waals surface area contributed by atoms with Crippen LogP contribution in [0.15, 0.2) is 11.9 Å². The van der Waals surface area contributed by atoms with Crippen molar-refractivity contribution in [2.75, 3.05) is 26.8 Å². The predicted octanol–water partition coefficient (Wildman–Crippen LogP) is 0.695. The molecule has 4 heteroatoms. The van der Waals surface area contributed by atoms with Gasteiger partial charge in [-0.25, -0.2) is 4.39 Å². The third kappa shape index (κ3) is 1.47. The maximum Gasteiger partial charge on any atom is 0.0872 e. The third-order valence-electron chi connectivity index (χ3n) is 3.23. The molecule has 2 saturated heterocycles. The maximum atomic E-state index is 12.4. The van der Waals surface area contributed by atoms with Gasteiger partial charge in [-0.15, -0.1) is 0 Å². The molecule has 0 radical (unpaired) electrons. The van der Waals surface area contributed by atoms with Crippen LogP contribution in [0.3, 0.4) is 0 Å². The first-order valence-corrected chi connectivity index (χ1v) is 4.90. The molecule has 0 aromatic rings. The van der Waals surface area contributed by atoms with Gasteiger partial charge in [0, 0.05) is 20.2 Å². The Labute approximate surface area is 83.2 Å². The molecule has 1 N–H and O–H groups in total. The van der Waals surface area contributed by atoms with Gasteiger partial charge in [-0.2, -0.15) is 0 Å². The molecule has 0 aromatic carbocycles. The number of ether oxygens (including phenoxy) is 1. The van der Waals surface area contributed by atoms with Crippen molar-refractivity contribution in [1.29, 1.82) is 0 Å². The molecule has 3 nitrogen and oxygen atoms in total. The SMILES string of the molecule is COC[C@]12C/C(=C/F)CN1C[C@@H](O)C2. The van der Waals surface area contributed by atoms with Crippen molar-refractivity contribution in [3.8, 4) is 0 Å². The van der Waals surface area contributed by atoms with Crippen LogP contribution >= 0.6 is 0 Å². The Morgan fingerprint density at radius 3 is 3.21 bits per heavy atom. The maximum absolute atomic E-state index is 12.4. The highest BCUT2D eigenvalue weighted by Gasteiger charge is 2.49. The average molecular weight is 201 g/mol. The van der Waals surface area contributed by atoms with Crippen molar-refractivity contribution in [1.82, 2.24) is 4.90 Å². The Morgan fingerprint density at radius 1 is 1.79 bits per heavy atom. The molecule has 2 aliphatic heterocycles. The molecule has 2 heterocycles. The highest BCUT2D eigenvalue weighted by Crippen LogP contribution is 2.41. The molecule has 80 valence electrons. The number of nitrogens with zero attached hydrogens (tertiary/aromatic N) is 1. The van der Waals surface area contributed by atoms with E-state index in [1.54, 1.807) is 7.11 Å². The molecule has 2 rings (SSSR count). The minimum absolute atomic E-state index is 0.147. The molecule has 0 unspecified atom stereocenters. The second-order valence-corrected chi connectivity index (χ2v) is 4.34. The van der Waals surface area contributed by atoms with E-state index in [0.717, 1.165) is 5.57 Å². The Hall–Kier alpha value is -0.450. The average Bonchev–Trinajstić information content (AvgIpc) is 2.57. The lowest BCUT2D eigenvalue weighted by Crippen LogP contribution is -2.42. The summed E-state index contributed by atoms with van der Waals surface area (Å²) in [5, 5.41) is 9.58. The zero-order valence-corrected chi connectivity index (χ0v) is 8.37. The van der Waals surface area contributed by atoms with E-state index in [4.69, 9.17) is 4.74 Å². The zero-order valence-electron chi connectivity index (χ0n) is 8.37. The number of aliphatic hydroxyl groups excluding tert-OH is 1. The van der Waals surface area contributed by atoms with E-state index >= 15 is 0 Å². The summed E-state index contributed by atoms with van der Waals surface area (Å²) in [4.78, 5) is 2.13. The van der Waals surface area contributed by atoms with Crippen LogP contribution in [0, 0.1) is 0 Å². The minimum Gasteiger partial charge on any atom is -0.392 e. The quantitative estimate of drug-likeness (QED) is 0.713. The van der Waals surface area contributed by atoms with Crippen molar-refractivity contribution >= 4 is 0 Å². The normalized spacial score (nSPS) is 40.8. The largest absolute Gasteiger partial charge is 0.392 e. The summed E-state index contributed by atoms with van der Waals surface area (Å²) >= 11 is 0. The van der Waals surface area contributed by atoms with Gasteiger partial charge in [-0.05, 0) is 18.4 Å². The molecule has 2 aliphatic rings. The number of rotatable bonds is 2.